The summed E-state index contributed by atoms with van der Waals surface area (Å²) in [5.41, 5.74) is -2.31. The van der Waals surface area contributed by atoms with Crippen LogP contribution in [0, 0.1) is 0 Å². The van der Waals surface area contributed by atoms with E-state index in [1.807, 2.05) is 0 Å². The Hall–Kier alpha value is -1.65. The van der Waals surface area contributed by atoms with E-state index in [2.05, 4.69) is 11.6 Å². The first kappa shape index (κ1) is 19.4. The topological polar surface area (TPSA) is 29.1 Å². The van der Waals surface area contributed by atoms with E-state index in [9.17, 15) is 44.3 Å². The predicted molar refractivity (Wildman–Crippen MR) is 60.8 cm³/mol. The van der Waals surface area contributed by atoms with Crippen LogP contribution in [0.4, 0.5) is 45.2 Å². The molecular formula is C11H5ClF9NO. The van der Waals surface area contributed by atoms with E-state index in [-0.39, 0.29) is 6.07 Å². The number of rotatable bonds is 2. The molecule has 0 saturated heterocycles. The number of benzene rings is 1. The van der Waals surface area contributed by atoms with Crippen LogP contribution in [0.2, 0.25) is 0 Å². The zero-order valence-electron chi connectivity index (χ0n) is 10.5. The highest BCUT2D eigenvalue weighted by atomic mass is 35.5. The van der Waals surface area contributed by atoms with Crippen LogP contribution in [-0.2, 0) is 11.0 Å². The van der Waals surface area contributed by atoms with Crippen LogP contribution in [0.15, 0.2) is 24.3 Å². The lowest BCUT2D eigenvalue weighted by molar-refractivity contribution is -0.258. The molecule has 1 rings (SSSR count). The van der Waals surface area contributed by atoms with Gasteiger partial charge in [-0.25, -0.2) is 0 Å². The SMILES string of the molecule is O=C(Nc1cccc(C(F)(F)F)c1)C(Cl)(C(F)(F)F)C(F)(F)F. The molecule has 1 aromatic rings. The molecule has 0 bridgehead atoms. The van der Waals surface area contributed by atoms with Crippen molar-refractivity contribution in [2.45, 2.75) is 23.4 Å². The van der Waals surface area contributed by atoms with Crippen LogP contribution in [0.25, 0.3) is 0 Å². The van der Waals surface area contributed by atoms with Gasteiger partial charge in [0.1, 0.15) is 0 Å². The summed E-state index contributed by atoms with van der Waals surface area (Å²) >= 11 is 4.44. The molecule has 0 aliphatic carbocycles. The molecule has 1 aromatic carbocycles. The molecule has 12 heteroatoms. The van der Waals surface area contributed by atoms with Crippen LogP contribution in [0.1, 0.15) is 5.56 Å². The molecule has 1 amide bonds. The minimum absolute atomic E-state index is 0.169. The number of carbonyl (C=O) groups is 1. The van der Waals surface area contributed by atoms with Gasteiger partial charge in [-0.15, -0.1) is 0 Å². The summed E-state index contributed by atoms with van der Waals surface area (Å²) in [6.45, 7) is 0. The smallest absolute Gasteiger partial charge is 0.324 e. The van der Waals surface area contributed by atoms with E-state index in [0.717, 1.165) is 5.32 Å². The molecule has 0 saturated carbocycles. The molecule has 1 N–H and O–H groups in total. The van der Waals surface area contributed by atoms with Crippen LogP contribution >= 0.6 is 11.6 Å². The zero-order chi connectivity index (χ0) is 18.3. The fourth-order valence-electron chi connectivity index (χ4n) is 1.41. The molecule has 130 valence electrons. The van der Waals surface area contributed by atoms with Crippen molar-refractivity contribution in [3.8, 4) is 0 Å². The highest BCUT2D eigenvalue weighted by Gasteiger charge is 2.75. The highest BCUT2D eigenvalue weighted by molar-refractivity contribution is 6.38. The standard InChI is InChI=1S/C11H5ClF9NO/c12-8(10(16,17)18,11(19,20)21)7(23)22-6-3-1-2-5(4-6)9(13,14)15/h1-4H,(H,22,23). The summed E-state index contributed by atoms with van der Waals surface area (Å²) in [5.74, 6) is -2.77. The summed E-state index contributed by atoms with van der Waals surface area (Å²) in [4.78, 5) is 6.03. The molecule has 0 radical (unpaired) electrons. The van der Waals surface area contributed by atoms with Gasteiger partial charge in [0.05, 0.1) is 5.56 Å². The van der Waals surface area contributed by atoms with E-state index in [1.54, 1.807) is 0 Å². The van der Waals surface area contributed by atoms with Gasteiger partial charge in [0, 0.05) is 5.69 Å². The maximum Gasteiger partial charge on any atom is 0.425 e. The molecule has 0 aliphatic rings. The lowest BCUT2D eigenvalue weighted by Gasteiger charge is -2.30. The van der Waals surface area contributed by atoms with E-state index in [1.165, 1.54) is 0 Å². The van der Waals surface area contributed by atoms with Gasteiger partial charge in [-0.1, -0.05) is 17.7 Å². The monoisotopic (exact) mass is 373 g/mol. The van der Waals surface area contributed by atoms with Crippen molar-refractivity contribution >= 4 is 23.2 Å². The molecule has 0 aliphatic heterocycles. The third kappa shape index (κ3) is 3.82. The van der Waals surface area contributed by atoms with E-state index >= 15 is 0 Å². The third-order valence-electron chi connectivity index (χ3n) is 2.54. The summed E-state index contributed by atoms with van der Waals surface area (Å²) in [6.07, 6.45) is -17.4. The first-order valence-corrected chi connectivity index (χ1v) is 5.79. The van der Waals surface area contributed by atoms with Crippen LogP contribution in [-0.4, -0.2) is 23.1 Å². The second kappa shape index (κ2) is 5.77. The first-order chi connectivity index (χ1) is 10.1. The Morgan fingerprint density at radius 3 is 1.78 bits per heavy atom. The maximum atomic E-state index is 12.5. The van der Waals surface area contributed by atoms with Gasteiger partial charge in [0.25, 0.3) is 5.91 Å². The van der Waals surface area contributed by atoms with E-state index in [4.69, 9.17) is 0 Å². The van der Waals surface area contributed by atoms with E-state index < -0.39 is 40.6 Å². The largest absolute Gasteiger partial charge is 0.425 e. The van der Waals surface area contributed by atoms with Crippen molar-refractivity contribution in [3.63, 3.8) is 0 Å². The number of alkyl halides is 10. The summed E-state index contributed by atoms with van der Waals surface area (Å²) < 4.78 is 112. The Morgan fingerprint density at radius 1 is 0.913 bits per heavy atom. The van der Waals surface area contributed by atoms with Crippen LogP contribution < -0.4 is 5.32 Å². The van der Waals surface area contributed by atoms with Crippen molar-refractivity contribution in [2.24, 2.45) is 0 Å². The molecule has 2 nitrogen and oxygen atoms in total. The second-order valence-electron chi connectivity index (χ2n) is 4.19. The Morgan fingerprint density at radius 2 is 1.39 bits per heavy atom. The fraction of sp³-hybridized carbons (Fsp3) is 0.364. The maximum absolute atomic E-state index is 12.5. The van der Waals surface area contributed by atoms with Gasteiger partial charge >= 0.3 is 23.4 Å². The third-order valence-corrected chi connectivity index (χ3v) is 3.14. The highest BCUT2D eigenvalue weighted by Crippen LogP contribution is 2.48. The number of nitrogens with one attached hydrogen (secondary N) is 1. The number of amides is 1. The Bertz CT molecular complexity index is 576. The molecule has 23 heavy (non-hydrogen) atoms. The number of carbonyl (C=O) groups excluding carboxylic acids is 1. The fourth-order valence-corrected chi connectivity index (χ4v) is 1.46. The zero-order valence-corrected chi connectivity index (χ0v) is 11.3. The average Bonchev–Trinajstić information content (AvgIpc) is 2.34. The quantitative estimate of drug-likeness (QED) is 0.588. The Kier molecular flexibility index (Phi) is 4.86. The van der Waals surface area contributed by atoms with Crippen molar-refractivity contribution in [1.82, 2.24) is 0 Å². The van der Waals surface area contributed by atoms with Gasteiger partial charge in [0.2, 0.25) is 0 Å². The Balaban J connectivity index is 3.20. The summed E-state index contributed by atoms with van der Waals surface area (Å²) in [6, 6.07) is 2.05. The van der Waals surface area contributed by atoms with Crippen LogP contribution in [0.3, 0.4) is 0 Å². The number of anilines is 1. The number of hydrogen-bond donors (Lipinski definition) is 1. The molecular weight excluding hydrogens is 369 g/mol. The molecule has 0 atom stereocenters. The molecule has 0 aromatic heterocycles. The predicted octanol–water partition coefficient (Wildman–Crippen LogP) is 4.75. The van der Waals surface area contributed by atoms with Crippen molar-refractivity contribution in [1.29, 1.82) is 0 Å². The molecule has 0 spiro atoms. The Labute approximate surface area is 127 Å². The molecule has 0 heterocycles. The molecule has 0 fully saturated rings. The van der Waals surface area contributed by atoms with Crippen molar-refractivity contribution in [2.75, 3.05) is 5.32 Å². The number of halogens is 10. The minimum atomic E-state index is -6.22. The van der Waals surface area contributed by atoms with Crippen LogP contribution in [0.5, 0.6) is 0 Å². The normalized spacial score (nSPS) is 13.8. The lowest BCUT2D eigenvalue weighted by atomic mass is 10.1. The second-order valence-corrected chi connectivity index (χ2v) is 4.75. The van der Waals surface area contributed by atoms with Gasteiger partial charge in [-0.2, -0.15) is 39.5 Å². The lowest BCUT2D eigenvalue weighted by Crippen LogP contribution is -2.60. The first-order valence-electron chi connectivity index (χ1n) is 5.42. The summed E-state index contributed by atoms with van der Waals surface area (Å²) in [5, 5.41) is 1.10. The van der Waals surface area contributed by atoms with Gasteiger partial charge in [0.15, 0.2) is 0 Å². The van der Waals surface area contributed by atoms with Crippen molar-refractivity contribution in [3.05, 3.63) is 29.8 Å². The molecule has 0 unspecified atom stereocenters. The van der Waals surface area contributed by atoms with Crippen molar-refractivity contribution < 1.29 is 44.3 Å². The minimum Gasteiger partial charge on any atom is -0.324 e. The average molecular weight is 374 g/mol. The number of hydrogen-bond acceptors (Lipinski definition) is 1. The van der Waals surface area contributed by atoms with E-state index in [0.29, 0.717) is 18.2 Å². The summed E-state index contributed by atoms with van der Waals surface area (Å²) in [7, 11) is 0. The van der Waals surface area contributed by atoms with Gasteiger partial charge < -0.3 is 5.32 Å². The van der Waals surface area contributed by atoms with Gasteiger partial charge in [-0.3, -0.25) is 4.79 Å². The van der Waals surface area contributed by atoms with Gasteiger partial charge in [-0.05, 0) is 18.2 Å².